The third-order valence-corrected chi connectivity index (χ3v) is 5.00. The molecule has 2 aromatic heterocycles. The number of H-pyrrole nitrogens is 1. The molecule has 4 rings (SSSR count). The van der Waals surface area contributed by atoms with E-state index < -0.39 is 11.8 Å². The number of pyridine rings is 1. The van der Waals surface area contributed by atoms with Gasteiger partial charge in [-0.05, 0) is 0 Å². The number of nitrogens with two attached hydrogens (primary N) is 1. The Hall–Kier alpha value is -3.95. The number of carbonyl (C=O) groups excluding carboxylic acids is 3. The van der Waals surface area contributed by atoms with E-state index in [9.17, 15) is 14.4 Å². The number of hydrogen-bond donors (Lipinski definition) is 3. The first kappa shape index (κ1) is 22.7. The molecule has 10 nitrogen and oxygen atoms in total. The van der Waals surface area contributed by atoms with E-state index in [-0.39, 0.29) is 17.6 Å². The number of piperazine rings is 1. The second-order valence-electron chi connectivity index (χ2n) is 7.60. The molecule has 0 aliphatic carbocycles. The highest BCUT2D eigenvalue weighted by Crippen LogP contribution is 2.23. The zero-order valence-corrected chi connectivity index (χ0v) is 18.1. The number of aromatic amines is 1. The monoisotopic (exact) mass is 437 g/mol. The third kappa shape index (κ3) is 5.39. The summed E-state index contributed by atoms with van der Waals surface area (Å²) >= 11 is 0. The van der Waals surface area contributed by atoms with Crippen LogP contribution in [0.2, 0.25) is 0 Å². The first-order valence-electron chi connectivity index (χ1n) is 10.3. The molecule has 0 spiro atoms. The van der Waals surface area contributed by atoms with Crippen molar-refractivity contribution in [3.8, 4) is 0 Å². The maximum absolute atomic E-state index is 12.4. The molecule has 3 heterocycles. The summed E-state index contributed by atoms with van der Waals surface area (Å²) in [6, 6.07) is 12.0. The zero-order chi connectivity index (χ0) is 23.1. The molecule has 4 N–H and O–H groups in total. The molecule has 1 aromatic carbocycles. The second-order valence-corrected chi connectivity index (χ2v) is 7.60. The number of nitrogens with zero attached hydrogens (tertiary/aromatic N) is 4. The minimum absolute atomic E-state index is 0.0520. The molecule has 32 heavy (non-hydrogen) atoms. The fourth-order valence-corrected chi connectivity index (χ4v) is 3.25. The van der Waals surface area contributed by atoms with Crippen LogP contribution in [0.25, 0.3) is 10.9 Å². The van der Waals surface area contributed by atoms with Crippen LogP contribution in [0.15, 0.2) is 48.8 Å². The first-order valence-corrected chi connectivity index (χ1v) is 10.3. The van der Waals surface area contributed by atoms with Gasteiger partial charge in [-0.1, -0.05) is 50.2 Å². The Balaban J connectivity index is 0.000000416. The second kappa shape index (κ2) is 10.4. The van der Waals surface area contributed by atoms with Gasteiger partial charge in [0.15, 0.2) is 0 Å². The summed E-state index contributed by atoms with van der Waals surface area (Å²) in [7, 11) is 0. The summed E-state index contributed by atoms with van der Waals surface area (Å²) in [4.78, 5) is 43.8. The number of nitrogens with one attached hydrogen (secondary N) is 2. The Bertz CT molecular complexity index is 1050. The first-order chi connectivity index (χ1) is 15.4. The highest BCUT2D eigenvalue weighted by molar-refractivity contribution is 6.40. The molecule has 0 radical (unpaired) electrons. The summed E-state index contributed by atoms with van der Waals surface area (Å²) in [6.07, 6.45) is 2.88. The van der Waals surface area contributed by atoms with Gasteiger partial charge in [0.05, 0.1) is 29.0 Å². The molecule has 0 bridgehead atoms. The topological polar surface area (TPSA) is 137 Å². The van der Waals surface area contributed by atoms with Crippen molar-refractivity contribution in [1.82, 2.24) is 25.0 Å². The fourth-order valence-electron chi connectivity index (χ4n) is 3.25. The van der Waals surface area contributed by atoms with Crippen molar-refractivity contribution >= 4 is 40.1 Å². The van der Waals surface area contributed by atoms with Crippen molar-refractivity contribution < 1.29 is 14.4 Å². The molecule has 1 saturated heterocycles. The van der Waals surface area contributed by atoms with Gasteiger partial charge in [0.25, 0.3) is 0 Å². The van der Waals surface area contributed by atoms with Crippen LogP contribution in [0.3, 0.4) is 0 Å². The Labute approximate surface area is 185 Å². The standard InChI is InChI=1S/C16H21N7O3.C6H6/c1-9(2)15(25)22-3-5-23(6-4-22)16(26)14(24)20-11-8-18-13(17)10-7-19-21-12(10)11;1-2-4-6-5-3-1/h7-9H,3-6H2,1-2H3,(H2,17,18)(H,19,21)(H,20,24);1-6H. The van der Waals surface area contributed by atoms with Crippen LogP contribution < -0.4 is 11.1 Å². The van der Waals surface area contributed by atoms with Gasteiger partial charge in [-0.15, -0.1) is 0 Å². The lowest BCUT2D eigenvalue weighted by atomic mass is 10.1. The predicted molar refractivity (Wildman–Crippen MR) is 121 cm³/mol. The number of hydrogen-bond acceptors (Lipinski definition) is 6. The molecule has 168 valence electrons. The predicted octanol–water partition coefficient (Wildman–Crippen LogP) is 1.49. The maximum atomic E-state index is 12.4. The number of fused-ring (bicyclic) bond motifs is 1. The van der Waals surface area contributed by atoms with Crippen LogP contribution >= 0.6 is 0 Å². The van der Waals surface area contributed by atoms with Crippen LogP contribution in [0.4, 0.5) is 11.5 Å². The van der Waals surface area contributed by atoms with Gasteiger partial charge in [0.1, 0.15) is 5.82 Å². The van der Waals surface area contributed by atoms with E-state index in [2.05, 4.69) is 20.5 Å². The molecule has 0 saturated carbocycles. The lowest BCUT2D eigenvalue weighted by Gasteiger charge is -2.35. The van der Waals surface area contributed by atoms with Crippen LogP contribution in [0, 0.1) is 5.92 Å². The van der Waals surface area contributed by atoms with Crippen molar-refractivity contribution in [3.63, 3.8) is 0 Å². The summed E-state index contributed by atoms with van der Waals surface area (Å²) in [5.74, 6) is -1.17. The van der Waals surface area contributed by atoms with E-state index >= 15 is 0 Å². The Morgan fingerprint density at radius 2 is 1.53 bits per heavy atom. The van der Waals surface area contributed by atoms with Crippen LogP contribution in [-0.2, 0) is 14.4 Å². The average Bonchev–Trinajstić information content (AvgIpc) is 3.33. The Morgan fingerprint density at radius 3 is 2.09 bits per heavy atom. The minimum atomic E-state index is -0.767. The highest BCUT2D eigenvalue weighted by atomic mass is 16.2. The summed E-state index contributed by atoms with van der Waals surface area (Å²) < 4.78 is 0. The van der Waals surface area contributed by atoms with E-state index in [0.717, 1.165) is 0 Å². The van der Waals surface area contributed by atoms with Crippen LogP contribution in [0.1, 0.15) is 13.8 Å². The zero-order valence-electron chi connectivity index (χ0n) is 18.1. The van der Waals surface area contributed by atoms with Crippen molar-refractivity contribution in [2.45, 2.75) is 13.8 Å². The van der Waals surface area contributed by atoms with E-state index in [0.29, 0.717) is 42.8 Å². The molecule has 0 unspecified atom stereocenters. The normalized spacial score (nSPS) is 13.5. The highest BCUT2D eigenvalue weighted by Gasteiger charge is 2.29. The van der Waals surface area contributed by atoms with Crippen LogP contribution in [0.5, 0.6) is 0 Å². The van der Waals surface area contributed by atoms with Gasteiger partial charge in [-0.25, -0.2) is 4.98 Å². The number of amides is 3. The molecular formula is C22H27N7O3. The molecule has 1 aliphatic heterocycles. The molecule has 10 heteroatoms. The van der Waals surface area contributed by atoms with E-state index in [1.807, 2.05) is 50.2 Å². The van der Waals surface area contributed by atoms with Gasteiger partial charge in [0.2, 0.25) is 5.91 Å². The number of anilines is 2. The quantitative estimate of drug-likeness (QED) is 0.520. The van der Waals surface area contributed by atoms with Crippen molar-refractivity contribution in [3.05, 3.63) is 48.8 Å². The Kier molecular flexibility index (Phi) is 7.37. The average molecular weight is 438 g/mol. The van der Waals surface area contributed by atoms with Gasteiger partial charge < -0.3 is 20.9 Å². The third-order valence-electron chi connectivity index (χ3n) is 5.00. The SMILES string of the molecule is CC(C)C(=O)N1CCN(C(=O)C(=O)Nc2cnc(N)c3cn[nH]c23)CC1.c1ccccc1. The molecular weight excluding hydrogens is 410 g/mol. The molecule has 1 aliphatic rings. The number of carbonyl (C=O) groups is 3. The largest absolute Gasteiger partial charge is 0.383 e. The molecule has 0 atom stereocenters. The maximum Gasteiger partial charge on any atom is 0.314 e. The van der Waals surface area contributed by atoms with Crippen molar-refractivity contribution in [2.24, 2.45) is 5.92 Å². The van der Waals surface area contributed by atoms with Gasteiger partial charge in [-0.3, -0.25) is 19.5 Å². The summed E-state index contributed by atoms with van der Waals surface area (Å²) in [6.45, 7) is 5.16. The summed E-state index contributed by atoms with van der Waals surface area (Å²) in [5, 5.41) is 9.72. The van der Waals surface area contributed by atoms with Gasteiger partial charge in [-0.2, -0.15) is 5.10 Å². The van der Waals surface area contributed by atoms with Crippen LogP contribution in [-0.4, -0.2) is 68.9 Å². The smallest absolute Gasteiger partial charge is 0.314 e. The van der Waals surface area contributed by atoms with Crippen molar-refractivity contribution in [1.29, 1.82) is 0 Å². The van der Waals surface area contributed by atoms with Crippen molar-refractivity contribution in [2.75, 3.05) is 37.2 Å². The number of benzene rings is 1. The molecule has 3 aromatic rings. The lowest BCUT2D eigenvalue weighted by Crippen LogP contribution is -2.53. The number of aromatic nitrogens is 3. The van der Waals surface area contributed by atoms with Gasteiger partial charge >= 0.3 is 11.8 Å². The lowest BCUT2D eigenvalue weighted by molar-refractivity contribution is -0.146. The molecule has 1 fully saturated rings. The van der Waals surface area contributed by atoms with E-state index in [4.69, 9.17) is 5.73 Å². The van der Waals surface area contributed by atoms with E-state index in [1.54, 1.807) is 4.90 Å². The Morgan fingerprint density at radius 1 is 0.969 bits per heavy atom. The summed E-state index contributed by atoms with van der Waals surface area (Å²) in [5.41, 5.74) is 6.58. The molecule has 3 amide bonds. The van der Waals surface area contributed by atoms with Gasteiger partial charge in [0, 0.05) is 32.1 Å². The number of rotatable bonds is 2. The fraction of sp³-hybridized carbons (Fsp3) is 0.318. The minimum Gasteiger partial charge on any atom is -0.383 e. The van der Waals surface area contributed by atoms with E-state index in [1.165, 1.54) is 17.3 Å². The number of nitrogen functional groups attached to an aromatic ring is 1.